The van der Waals surface area contributed by atoms with Crippen LogP contribution in [0.1, 0.15) is 264 Å². The topological polar surface area (TPSA) is 512 Å². The monoisotopic (exact) mass is 2440 g/mol. The number of nitrogens with one attached hydrogen (secondary N) is 3. The summed E-state index contributed by atoms with van der Waals surface area (Å²) in [4.78, 5) is 226. The first-order valence-electron chi connectivity index (χ1n) is 49.4. The van der Waals surface area contributed by atoms with Crippen molar-refractivity contribution in [2.75, 3.05) is 46.4 Å². The second-order valence-corrected chi connectivity index (χ2v) is 41.7. The Labute approximate surface area is 1010 Å². The first-order valence-corrected chi connectivity index (χ1v) is 51.4. The van der Waals surface area contributed by atoms with E-state index in [9.17, 15) is 86.6 Å². The minimum atomic E-state index is -1.01. The number of alkyl halides is 2. The van der Waals surface area contributed by atoms with E-state index in [-0.39, 0.29) is 246 Å². The standard InChI is InChI=1S/C32H35BrN2O8.C32H36N2O8.C19H15BrO3.C13H22N2O5.C11H19NO4.CH2O3.2Cs.H/c1-16(2)28(34-32(40)41-4)30(38)35-17(3)5-10-25(35)31(39)43-15-26(36)19-6-8-21-20(11-19)14-42-27-13-22-18(12-23(21)27)7-9-24(33)29(22)37;1-17(2)29(33-32(39)40-4)30(37)34-18(3)8-11-25(34)31(38)42-16-27(36)20-9-10-22-21(12-20)15-41-28-14-23-19(13-24(22)28)6-5-7-26(23)35;20-9-18(22)12-4-5-14-13(6-12)10-23-19-8-15-11(7-16(14)19)2-1-3-17(15)21;1-7(2)10(14-13(19)20-4)11(16)15-8(3)5-6-9(15)12(17)18;1-7-5-8(9(13)14)12(6-7)10(15)16-11(2,3)4;2-1-4-3;;;/h6,8,11-13,16-17,24-25,28H,5,7,9-10,14-15H2,1-4H3,(H,34,40);9-10,12-14,17-18,25,29H,5-8,11,15-16H2,1-4H3,(H,33,39);4-8H,1-3,9-10H2;7-10H,5-6H2,1-4H3,(H,14,19)(H,17,18);7-8H,5-6H2,1-4H3,(H,13,14);1,3H;;;/q;;;;;;2*+1;-1/p-1/t17-,24?,25-,28-;18-,25-,29-;;8-,9-,10-;7-,8-;;;;/m00.00..../s1. The zero-order valence-electron chi connectivity index (χ0n) is 88.7. The van der Waals surface area contributed by atoms with Crippen molar-refractivity contribution in [3.8, 4) is 50.6 Å². The summed E-state index contributed by atoms with van der Waals surface area (Å²) >= 11 is 6.66. The average Bonchev–Trinajstić information content (AvgIpc) is 1.64. The Balaban J connectivity index is 0.000000237. The molecule has 38 nitrogen and oxygen atoms in total. The number of esters is 2. The number of carboxylic acid groups (broad SMARTS) is 2. The number of nitrogens with zero attached hydrogens (tertiary/aromatic N) is 4. The zero-order valence-corrected chi connectivity index (χ0v) is 103. The fourth-order valence-corrected chi connectivity index (χ4v) is 20.5. The van der Waals surface area contributed by atoms with E-state index < -0.39 is 121 Å². The van der Waals surface area contributed by atoms with Gasteiger partial charge < -0.3 is 95.1 Å². The number of aryl methyl sites for hydroxylation is 3. The molecule has 3 aliphatic carbocycles. The smallest absolute Gasteiger partial charge is 1.00 e. The number of benzene rings is 6. The number of ketones is 6. The zero-order chi connectivity index (χ0) is 108. The van der Waals surface area contributed by atoms with Gasteiger partial charge in [-0.15, -0.1) is 0 Å². The number of aliphatic carboxylic acids is 2. The molecular weight excluding hydrogens is 2320 g/mol. The van der Waals surface area contributed by atoms with Gasteiger partial charge in [0.25, 0.3) is 6.47 Å². The summed E-state index contributed by atoms with van der Waals surface area (Å²) in [5.41, 5.74) is 14.7. The van der Waals surface area contributed by atoms with Gasteiger partial charge in [-0.25, -0.2) is 38.4 Å². The van der Waals surface area contributed by atoms with E-state index in [1.165, 1.54) is 40.9 Å². The molecule has 150 heavy (non-hydrogen) atoms. The first-order chi connectivity index (χ1) is 70.2. The van der Waals surface area contributed by atoms with E-state index in [0.29, 0.717) is 110 Å². The predicted molar refractivity (Wildman–Crippen MR) is 542 cm³/mol. The summed E-state index contributed by atoms with van der Waals surface area (Å²) in [5, 5.41) is 34.5. The molecular formula is C108H129Br2Cs2N7O31. The molecule has 10 aliphatic rings. The molecule has 0 spiro atoms. The van der Waals surface area contributed by atoms with Crippen LogP contribution in [0.25, 0.3) is 33.4 Å². The fraction of sp³-hybridized carbons (Fsp3) is 0.500. The molecule has 7 heterocycles. The quantitative estimate of drug-likeness (QED) is 0.00810. The summed E-state index contributed by atoms with van der Waals surface area (Å²) in [6.45, 7) is 23.7. The molecule has 4 saturated heterocycles. The molecule has 798 valence electrons. The third-order valence-electron chi connectivity index (χ3n) is 27.5. The van der Waals surface area contributed by atoms with Crippen LogP contribution in [-0.2, 0) is 111 Å². The molecule has 6 aromatic rings. The predicted octanol–water partition coefficient (Wildman–Crippen LogP) is 8.32. The van der Waals surface area contributed by atoms with Gasteiger partial charge in [-0.05, 0) is 253 Å². The van der Waals surface area contributed by atoms with Crippen molar-refractivity contribution in [3.63, 3.8) is 0 Å². The Kier molecular flexibility index (Phi) is 46.4. The van der Waals surface area contributed by atoms with Crippen molar-refractivity contribution in [1.82, 2.24) is 35.6 Å². The van der Waals surface area contributed by atoms with Crippen LogP contribution in [0.4, 0.5) is 19.2 Å². The van der Waals surface area contributed by atoms with Gasteiger partial charge in [-0.3, -0.25) is 52.8 Å². The van der Waals surface area contributed by atoms with Crippen LogP contribution in [0.15, 0.2) is 91.0 Å². The maximum Gasteiger partial charge on any atom is 1.00 e. The number of carbonyl (C=O) groups is 18. The van der Waals surface area contributed by atoms with Crippen molar-refractivity contribution in [3.05, 3.63) is 158 Å². The van der Waals surface area contributed by atoms with Gasteiger partial charge in [0.1, 0.15) is 85.0 Å². The number of alkyl carbamates (subject to hydrolysis) is 3. The Morgan fingerprint density at radius 3 is 1.13 bits per heavy atom. The Hall–Kier alpha value is -9.40. The SMILES string of the molecule is COC(=O)N[C@H](C(=O)N1[C@@H](C)CC[C@H]1C(=O)O)C(C)C.COC(=O)N[C@H](C(=O)N1[C@@H](C)CC[C@H]1C(=O)OCC(=O)c1ccc2c(c1)COc1cc3c(cc1-2)CCC(Br)C3=O)C(C)C.COC(=O)N[C@H](C(=O)N1[C@@H](C)CC[C@H]1C(=O)OCC(=O)c1ccc2c(c1)COc1cc3c(cc1-2)CCCC3=O)C(C)C.C[C@H]1C[C@@H](C(=O)O)N(C(=O)OC(C)(C)C)C1.O=C(CBr)c1ccc2c(c1)COc1cc3c(cc1-2)CCCC3=O.O=CO[O-].[Cs+].[Cs+].[H-]. The number of methoxy groups -OCH3 is 3. The van der Waals surface area contributed by atoms with Gasteiger partial charge >= 0.3 is 186 Å². The molecule has 0 radical (unpaired) electrons. The molecule has 0 saturated carbocycles. The van der Waals surface area contributed by atoms with E-state index in [0.717, 1.165) is 122 Å². The number of Topliss-reactive ketones (excluding diaryl/α,β-unsaturated/α-hetero) is 6. The summed E-state index contributed by atoms with van der Waals surface area (Å²) in [5.74, 6) is -3.10. The van der Waals surface area contributed by atoms with Gasteiger partial charge in [-0.1, -0.05) is 117 Å². The largest absolute Gasteiger partial charge is 1.00 e. The number of hydrogen-bond acceptors (Lipinski definition) is 29. The van der Waals surface area contributed by atoms with Crippen molar-refractivity contribution in [1.29, 1.82) is 0 Å². The maximum absolute atomic E-state index is 13.4. The van der Waals surface area contributed by atoms with Gasteiger partial charge in [0.15, 0.2) is 47.9 Å². The number of rotatable bonds is 22. The van der Waals surface area contributed by atoms with Crippen LogP contribution in [0.5, 0.6) is 17.2 Å². The summed E-state index contributed by atoms with van der Waals surface area (Å²) < 4.78 is 47.7. The van der Waals surface area contributed by atoms with Gasteiger partial charge in [0.2, 0.25) is 17.7 Å². The number of halogens is 2. The fourth-order valence-electron chi connectivity index (χ4n) is 19.7. The minimum absolute atomic E-state index is 0. The summed E-state index contributed by atoms with van der Waals surface area (Å²) in [7, 11) is 3.66. The second-order valence-electron chi connectivity index (χ2n) is 40.0. The van der Waals surface area contributed by atoms with E-state index in [4.69, 9.17) is 43.6 Å². The molecule has 12 atom stereocenters. The molecule has 16 rings (SSSR count). The first kappa shape index (κ1) is 124. The van der Waals surface area contributed by atoms with E-state index >= 15 is 0 Å². The van der Waals surface area contributed by atoms with Crippen molar-refractivity contribution in [2.24, 2.45) is 23.7 Å². The average molecular weight is 2450 g/mol. The van der Waals surface area contributed by atoms with Crippen LogP contribution in [-0.4, -0.2) is 254 Å². The molecule has 6 aromatic carbocycles. The van der Waals surface area contributed by atoms with Gasteiger partial charge in [0.05, 0.1) is 31.5 Å². The number of carbonyl (C=O) groups excluding carboxylic acids is 16. The van der Waals surface area contributed by atoms with Crippen LogP contribution in [0.3, 0.4) is 0 Å². The van der Waals surface area contributed by atoms with Crippen LogP contribution < -0.4 is 173 Å². The normalized spacial score (nSPS) is 19.9. The number of ether oxygens (including phenoxy) is 9. The van der Waals surface area contributed by atoms with E-state index in [1.807, 2.05) is 88.4 Å². The molecule has 0 bridgehead atoms. The van der Waals surface area contributed by atoms with Crippen LogP contribution >= 0.6 is 31.9 Å². The Morgan fingerprint density at radius 1 is 0.460 bits per heavy atom. The molecule has 7 amide bonds. The Bertz CT molecular complexity index is 6110. The number of likely N-dealkylation sites (tertiary alicyclic amines) is 4. The van der Waals surface area contributed by atoms with Crippen LogP contribution in [0, 0.1) is 23.7 Å². The van der Waals surface area contributed by atoms with E-state index in [1.54, 1.807) is 86.6 Å². The summed E-state index contributed by atoms with van der Waals surface area (Å²) in [6.07, 6.45) is 7.06. The Morgan fingerprint density at radius 2 is 0.800 bits per heavy atom. The van der Waals surface area contributed by atoms with Crippen molar-refractivity contribution in [2.45, 2.75) is 277 Å². The minimum Gasteiger partial charge on any atom is -1.00 e. The second kappa shape index (κ2) is 56.1. The third kappa shape index (κ3) is 30.7. The van der Waals surface area contributed by atoms with Crippen molar-refractivity contribution >= 4 is 139 Å². The number of amides is 7. The summed E-state index contributed by atoms with van der Waals surface area (Å²) in [6, 6.07) is 21.6. The van der Waals surface area contributed by atoms with E-state index in [2.05, 4.69) is 73.0 Å². The molecule has 0 aromatic heterocycles. The third-order valence-corrected chi connectivity index (χ3v) is 28.9. The van der Waals surface area contributed by atoms with Gasteiger partial charge in [0, 0.05) is 87.6 Å². The maximum atomic E-state index is 13.4. The molecule has 1 unspecified atom stereocenters. The number of fused-ring (bicyclic) bond motifs is 12. The van der Waals surface area contributed by atoms with Gasteiger partial charge in [-0.2, -0.15) is 0 Å². The van der Waals surface area contributed by atoms with Crippen molar-refractivity contribution < 1.29 is 289 Å². The van der Waals surface area contributed by atoms with Crippen LogP contribution in [0.2, 0.25) is 0 Å². The molecule has 42 heteroatoms. The molecule has 7 aliphatic heterocycles. The number of hydrogen-bond donors (Lipinski definition) is 5. The molecule has 4 fully saturated rings. The number of carboxylic acids is 2. The molecule has 5 N–H and O–H groups in total.